The first-order valence-corrected chi connectivity index (χ1v) is 6.34. The Bertz CT molecular complexity index is 237. The molecule has 3 nitrogen and oxygen atoms in total. The SMILES string of the molecule is CC(C)(C)C1CCC([C@H](N)CC(N)=O)CC1. The smallest absolute Gasteiger partial charge is 0.218 e. The van der Waals surface area contributed by atoms with Crippen molar-refractivity contribution in [1.29, 1.82) is 0 Å². The lowest BCUT2D eigenvalue weighted by Crippen LogP contribution is -2.38. The first-order chi connectivity index (χ1) is 7.30. The maximum atomic E-state index is 10.8. The van der Waals surface area contributed by atoms with Crippen molar-refractivity contribution in [2.45, 2.75) is 58.9 Å². The molecule has 94 valence electrons. The Morgan fingerprint density at radius 3 is 2.12 bits per heavy atom. The number of nitrogens with two attached hydrogens (primary N) is 2. The van der Waals surface area contributed by atoms with Crippen LogP contribution in [-0.2, 0) is 4.79 Å². The van der Waals surface area contributed by atoms with Gasteiger partial charge in [-0.15, -0.1) is 0 Å². The molecule has 4 N–H and O–H groups in total. The lowest BCUT2D eigenvalue weighted by molar-refractivity contribution is -0.118. The van der Waals surface area contributed by atoms with E-state index in [1.54, 1.807) is 0 Å². The molecule has 0 aromatic carbocycles. The van der Waals surface area contributed by atoms with E-state index < -0.39 is 0 Å². The molecule has 1 rings (SSSR count). The zero-order valence-electron chi connectivity index (χ0n) is 10.8. The number of carbonyl (C=O) groups is 1. The summed E-state index contributed by atoms with van der Waals surface area (Å²) >= 11 is 0. The molecule has 1 aliphatic rings. The van der Waals surface area contributed by atoms with Crippen LogP contribution >= 0.6 is 0 Å². The molecule has 0 spiro atoms. The zero-order valence-corrected chi connectivity index (χ0v) is 10.8. The molecule has 1 aliphatic carbocycles. The van der Waals surface area contributed by atoms with Gasteiger partial charge in [-0.2, -0.15) is 0 Å². The monoisotopic (exact) mass is 226 g/mol. The number of amides is 1. The highest BCUT2D eigenvalue weighted by molar-refractivity contribution is 5.74. The first-order valence-electron chi connectivity index (χ1n) is 6.34. The molecule has 0 radical (unpaired) electrons. The van der Waals surface area contributed by atoms with Gasteiger partial charge in [-0.05, 0) is 42.9 Å². The summed E-state index contributed by atoms with van der Waals surface area (Å²) in [5, 5.41) is 0. The van der Waals surface area contributed by atoms with Gasteiger partial charge in [-0.1, -0.05) is 20.8 Å². The Kier molecular flexibility index (Phi) is 4.36. The molecule has 1 amide bonds. The van der Waals surface area contributed by atoms with Crippen LogP contribution in [0, 0.1) is 17.3 Å². The average Bonchev–Trinajstić information content (AvgIpc) is 2.15. The Morgan fingerprint density at radius 1 is 1.25 bits per heavy atom. The van der Waals surface area contributed by atoms with Crippen LogP contribution in [0.25, 0.3) is 0 Å². The fourth-order valence-corrected chi connectivity index (χ4v) is 2.81. The third-order valence-electron chi connectivity index (χ3n) is 4.04. The molecule has 16 heavy (non-hydrogen) atoms. The minimum Gasteiger partial charge on any atom is -0.370 e. The van der Waals surface area contributed by atoms with Crippen molar-refractivity contribution in [1.82, 2.24) is 0 Å². The highest BCUT2D eigenvalue weighted by Gasteiger charge is 2.31. The minimum atomic E-state index is -0.273. The summed E-state index contributed by atoms with van der Waals surface area (Å²) in [6, 6.07) is -0.0292. The van der Waals surface area contributed by atoms with Crippen molar-refractivity contribution in [2.24, 2.45) is 28.7 Å². The lowest BCUT2D eigenvalue weighted by Gasteiger charge is -2.38. The van der Waals surface area contributed by atoms with E-state index in [2.05, 4.69) is 20.8 Å². The van der Waals surface area contributed by atoms with Gasteiger partial charge in [0.1, 0.15) is 0 Å². The van der Waals surface area contributed by atoms with Gasteiger partial charge < -0.3 is 11.5 Å². The topological polar surface area (TPSA) is 69.1 Å². The van der Waals surface area contributed by atoms with E-state index in [0.29, 0.717) is 17.8 Å². The van der Waals surface area contributed by atoms with Crippen molar-refractivity contribution in [3.63, 3.8) is 0 Å². The maximum Gasteiger partial charge on any atom is 0.218 e. The van der Waals surface area contributed by atoms with Gasteiger partial charge in [0.15, 0.2) is 0 Å². The van der Waals surface area contributed by atoms with Gasteiger partial charge in [0, 0.05) is 12.5 Å². The second-order valence-corrected chi connectivity index (χ2v) is 6.31. The summed E-state index contributed by atoms with van der Waals surface area (Å²) in [6.45, 7) is 6.92. The number of hydrogen-bond donors (Lipinski definition) is 2. The second kappa shape index (κ2) is 5.17. The van der Waals surface area contributed by atoms with Crippen LogP contribution in [0.15, 0.2) is 0 Å². The summed E-state index contributed by atoms with van der Waals surface area (Å²) in [6.07, 6.45) is 5.11. The van der Waals surface area contributed by atoms with Gasteiger partial charge in [0.2, 0.25) is 5.91 Å². The molecule has 0 aromatic rings. The van der Waals surface area contributed by atoms with E-state index in [1.165, 1.54) is 12.8 Å². The standard InChI is InChI=1S/C13H26N2O/c1-13(2,3)10-6-4-9(5-7-10)11(14)8-12(15)16/h9-11H,4-8,14H2,1-3H3,(H2,15,16)/t9?,10?,11-/m1/s1. The van der Waals surface area contributed by atoms with Crippen LogP contribution < -0.4 is 11.5 Å². The summed E-state index contributed by atoms with van der Waals surface area (Å²) in [5.41, 5.74) is 11.6. The van der Waals surface area contributed by atoms with Crippen molar-refractivity contribution >= 4 is 5.91 Å². The van der Waals surface area contributed by atoms with Crippen LogP contribution in [0.3, 0.4) is 0 Å². The summed E-state index contributed by atoms with van der Waals surface area (Å²) < 4.78 is 0. The van der Waals surface area contributed by atoms with E-state index in [1.807, 2.05) is 0 Å². The van der Waals surface area contributed by atoms with Gasteiger partial charge in [0.05, 0.1) is 0 Å². The molecule has 0 aliphatic heterocycles. The Morgan fingerprint density at radius 2 is 1.75 bits per heavy atom. The van der Waals surface area contributed by atoms with Gasteiger partial charge in [0.25, 0.3) is 0 Å². The molecular weight excluding hydrogens is 200 g/mol. The van der Waals surface area contributed by atoms with Gasteiger partial charge in [-0.25, -0.2) is 0 Å². The molecule has 0 heterocycles. The Hall–Kier alpha value is -0.570. The molecular formula is C13H26N2O. The fraction of sp³-hybridized carbons (Fsp3) is 0.923. The van der Waals surface area contributed by atoms with Crippen LogP contribution in [-0.4, -0.2) is 11.9 Å². The van der Waals surface area contributed by atoms with E-state index >= 15 is 0 Å². The fourth-order valence-electron chi connectivity index (χ4n) is 2.81. The summed E-state index contributed by atoms with van der Waals surface area (Å²) in [4.78, 5) is 10.8. The van der Waals surface area contributed by atoms with Gasteiger partial charge >= 0.3 is 0 Å². The number of hydrogen-bond acceptors (Lipinski definition) is 2. The number of carbonyl (C=O) groups excluding carboxylic acids is 1. The Labute approximate surface area is 99.0 Å². The van der Waals surface area contributed by atoms with Crippen molar-refractivity contribution in [3.8, 4) is 0 Å². The van der Waals surface area contributed by atoms with Crippen LogP contribution in [0.2, 0.25) is 0 Å². The predicted octanol–water partition coefficient (Wildman–Crippen LogP) is 2.04. The van der Waals surface area contributed by atoms with Crippen LogP contribution in [0.1, 0.15) is 52.9 Å². The maximum absolute atomic E-state index is 10.8. The first kappa shape index (κ1) is 13.5. The predicted molar refractivity (Wildman–Crippen MR) is 66.7 cm³/mol. The Balaban J connectivity index is 2.40. The van der Waals surface area contributed by atoms with Gasteiger partial charge in [-0.3, -0.25) is 4.79 Å². The van der Waals surface area contributed by atoms with E-state index in [4.69, 9.17) is 11.5 Å². The molecule has 3 heteroatoms. The van der Waals surface area contributed by atoms with E-state index in [0.717, 1.165) is 18.8 Å². The third kappa shape index (κ3) is 3.78. The highest BCUT2D eigenvalue weighted by atomic mass is 16.1. The number of rotatable bonds is 3. The van der Waals surface area contributed by atoms with E-state index in [9.17, 15) is 4.79 Å². The van der Waals surface area contributed by atoms with E-state index in [-0.39, 0.29) is 11.9 Å². The van der Waals surface area contributed by atoms with Crippen LogP contribution in [0.5, 0.6) is 0 Å². The normalized spacial score (nSPS) is 28.8. The molecule has 1 fully saturated rings. The molecule has 0 aromatic heterocycles. The average molecular weight is 226 g/mol. The quantitative estimate of drug-likeness (QED) is 0.773. The van der Waals surface area contributed by atoms with Crippen molar-refractivity contribution < 1.29 is 4.79 Å². The molecule has 0 saturated heterocycles. The molecule has 1 atom stereocenters. The van der Waals surface area contributed by atoms with Crippen molar-refractivity contribution in [3.05, 3.63) is 0 Å². The third-order valence-corrected chi connectivity index (χ3v) is 4.04. The van der Waals surface area contributed by atoms with Crippen molar-refractivity contribution in [2.75, 3.05) is 0 Å². The summed E-state index contributed by atoms with van der Waals surface area (Å²) in [5.74, 6) is 1.01. The molecule has 0 unspecified atom stereocenters. The molecule has 0 bridgehead atoms. The largest absolute Gasteiger partial charge is 0.370 e. The number of primary amides is 1. The summed E-state index contributed by atoms with van der Waals surface area (Å²) in [7, 11) is 0. The zero-order chi connectivity index (χ0) is 12.3. The highest BCUT2D eigenvalue weighted by Crippen LogP contribution is 2.40. The lowest BCUT2D eigenvalue weighted by atomic mass is 9.68. The minimum absolute atomic E-state index is 0.0292. The molecule has 1 saturated carbocycles. The van der Waals surface area contributed by atoms with Crippen LogP contribution in [0.4, 0.5) is 0 Å². The second-order valence-electron chi connectivity index (χ2n) is 6.31.